The highest BCUT2D eigenvalue weighted by molar-refractivity contribution is 5.94. The summed E-state index contributed by atoms with van der Waals surface area (Å²) in [5, 5.41) is 6.13. The van der Waals surface area contributed by atoms with Crippen LogP contribution in [0.5, 0.6) is 0 Å². The molecular formula is C18H25N5O. The minimum Gasteiger partial charge on any atom is -0.368 e. The first-order valence-electron chi connectivity index (χ1n) is 7.99. The van der Waals surface area contributed by atoms with Crippen LogP contribution in [0.25, 0.3) is 0 Å². The highest BCUT2D eigenvalue weighted by Gasteiger charge is 2.06. The summed E-state index contributed by atoms with van der Waals surface area (Å²) in [6.07, 6.45) is 0. The third kappa shape index (κ3) is 4.68. The lowest BCUT2D eigenvalue weighted by Crippen LogP contribution is -2.29. The lowest BCUT2D eigenvalue weighted by Gasteiger charge is -2.14. The number of carbonyl (C=O) groups excluding carboxylic acids is 1. The van der Waals surface area contributed by atoms with Crippen molar-refractivity contribution in [2.75, 3.05) is 37.4 Å². The number of aryl methyl sites for hydroxylation is 3. The second kappa shape index (κ2) is 7.77. The zero-order valence-electron chi connectivity index (χ0n) is 15.0. The molecule has 0 saturated carbocycles. The fourth-order valence-corrected chi connectivity index (χ4v) is 2.22. The molecule has 0 bridgehead atoms. The van der Waals surface area contributed by atoms with Crippen LogP contribution in [0.4, 0.5) is 11.6 Å². The monoisotopic (exact) mass is 327 g/mol. The molecule has 1 amide bonds. The predicted molar refractivity (Wildman–Crippen MR) is 97.8 cm³/mol. The van der Waals surface area contributed by atoms with Crippen LogP contribution in [-0.2, 0) is 0 Å². The largest absolute Gasteiger partial charge is 0.368 e. The maximum absolute atomic E-state index is 12.1. The Kier molecular flexibility index (Phi) is 5.73. The fraction of sp³-hybridized carbons (Fsp3) is 0.389. The number of nitrogens with one attached hydrogen (secondary N) is 2. The zero-order valence-corrected chi connectivity index (χ0v) is 15.0. The molecule has 0 fully saturated rings. The minimum absolute atomic E-state index is 0.0623. The van der Waals surface area contributed by atoms with E-state index >= 15 is 0 Å². The van der Waals surface area contributed by atoms with E-state index in [0.717, 1.165) is 17.2 Å². The molecular weight excluding hydrogens is 302 g/mol. The maximum Gasteiger partial charge on any atom is 0.251 e. The molecule has 0 aliphatic rings. The van der Waals surface area contributed by atoms with Crippen LogP contribution >= 0.6 is 0 Å². The van der Waals surface area contributed by atoms with Crippen molar-refractivity contribution < 1.29 is 4.79 Å². The van der Waals surface area contributed by atoms with Gasteiger partial charge in [0, 0.05) is 38.8 Å². The number of anilines is 2. The molecule has 24 heavy (non-hydrogen) atoms. The van der Waals surface area contributed by atoms with Crippen molar-refractivity contribution >= 4 is 17.5 Å². The molecule has 0 atom stereocenters. The standard InChI is InChI=1S/C18H25N5O/c1-12-6-7-15(10-13(12)2)18(24)20-9-8-19-16-11-17(23(4)5)22-14(3)21-16/h6-7,10-11H,8-9H2,1-5H3,(H,20,24)(H,19,21,22). The van der Waals surface area contributed by atoms with Crippen LogP contribution in [0.15, 0.2) is 24.3 Å². The summed E-state index contributed by atoms with van der Waals surface area (Å²) in [5.41, 5.74) is 2.99. The Balaban J connectivity index is 1.86. The van der Waals surface area contributed by atoms with Crippen molar-refractivity contribution in [2.45, 2.75) is 20.8 Å². The molecule has 1 aromatic carbocycles. The Labute approximate surface area is 143 Å². The second-order valence-corrected chi connectivity index (χ2v) is 6.03. The van der Waals surface area contributed by atoms with Gasteiger partial charge >= 0.3 is 0 Å². The Bertz CT molecular complexity index is 727. The van der Waals surface area contributed by atoms with Gasteiger partial charge in [-0.1, -0.05) is 6.07 Å². The Morgan fingerprint density at radius 1 is 1.04 bits per heavy atom. The van der Waals surface area contributed by atoms with Gasteiger partial charge < -0.3 is 15.5 Å². The lowest BCUT2D eigenvalue weighted by molar-refractivity contribution is 0.0955. The highest BCUT2D eigenvalue weighted by atomic mass is 16.1. The number of aromatic nitrogens is 2. The molecule has 2 aromatic rings. The van der Waals surface area contributed by atoms with Crippen LogP contribution in [0.1, 0.15) is 27.3 Å². The van der Waals surface area contributed by atoms with Gasteiger partial charge in [0.2, 0.25) is 0 Å². The molecule has 2 N–H and O–H groups in total. The van der Waals surface area contributed by atoms with Crippen LogP contribution < -0.4 is 15.5 Å². The van der Waals surface area contributed by atoms with Crippen molar-refractivity contribution in [3.63, 3.8) is 0 Å². The maximum atomic E-state index is 12.1. The van der Waals surface area contributed by atoms with Gasteiger partial charge in [-0.25, -0.2) is 9.97 Å². The first-order valence-corrected chi connectivity index (χ1v) is 7.99. The van der Waals surface area contributed by atoms with Gasteiger partial charge in [0.15, 0.2) is 0 Å². The van der Waals surface area contributed by atoms with Gasteiger partial charge in [0.25, 0.3) is 5.91 Å². The molecule has 0 aliphatic heterocycles. The van der Waals surface area contributed by atoms with Crippen LogP contribution in [0, 0.1) is 20.8 Å². The first-order chi connectivity index (χ1) is 11.4. The number of nitrogens with zero attached hydrogens (tertiary/aromatic N) is 3. The van der Waals surface area contributed by atoms with E-state index in [0.29, 0.717) is 24.5 Å². The van der Waals surface area contributed by atoms with E-state index in [1.807, 2.05) is 64.0 Å². The van der Waals surface area contributed by atoms with E-state index in [2.05, 4.69) is 20.6 Å². The van der Waals surface area contributed by atoms with Gasteiger partial charge in [-0.05, 0) is 44.0 Å². The molecule has 128 valence electrons. The van der Waals surface area contributed by atoms with Gasteiger partial charge in [0.1, 0.15) is 17.5 Å². The molecule has 0 unspecified atom stereocenters. The Morgan fingerprint density at radius 2 is 1.79 bits per heavy atom. The molecule has 0 saturated heterocycles. The van der Waals surface area contributed by atoms with Crippen molar-refractivity contribution in [1.82, 2.24) is 15.3 Å². The summed E-state index contributed by atoms with van der Waals surface area (Å²) in [4.78, 5) is 22.8. The number of carbonyl (C=O) groups is 1. The first kappa shape index (κ1) is 17.7. The molecule has 0 aliphatic carbocycles. The van der Waals surface area contributed by atoms with Gasteiger partial charge in [-0.2, -0.15) is 0 Å². The van der Waals surface area contributed by atoms with E-state index in [-0.39, 0.29) is 5.91 Å². The Morgan fingerprint density at radius 3 is 2.46 bits per heavy atom. The van der Waals surface area contributed by atoms with E-state index < -0.39 is 0 Å². The van der Waals surface area contributed by atoms with Crippen LogP contribution in [0.3, 0.4) is 0 Å². The van der Waals surface area contributed by atoms with E-state index in [4.69, 9.17) is 0 Å². The van der Waals surface area contributed by atoms with Gasteiger partial charge in [-0.15, -0.1) is 0 Å². The van der Waals surface area contributed by atoms with Crippen molar-refractivity contribution in [1.29, 1.82) is 0 Å². The van der Waals surface area contributed by atoms with Gasteiger partial charge in [-0.3, -0.25) is 4.79 Å². The summed E-state index contributed by atoms with van der Waals surface area (Å²) in [5.74, 6) is 2.26. The fourth-order valence-electron chi connectivity index (χ4n) is 2.22. The predicted octanol–water partition coefficient (Wildman–Crippen LogP) is 2.31. The van der Waals surface area contributed by atoms with E-state index in [1.165, 1.54) is 5.56 Å². The normalized spacial score (nSPS) is 10.4. The van der Waals surface area contributed by atoms with Gasteiger partial charge in [0.05, 0.1) is 0 Å². The summed E-state index contributed by atoms with van der Waals surface area (Å²) >= 11 is 0. The number of benzene rings is 1. The molecule has 1 heterocycles. The SMILES string of the molecule is Cc1nc(NCCNC(=O)c2ccc(C)c(C)c2)cc(N(C)C)n1. The van der Waals surface area contributed by atoms with E-state index in [9.17, 15) is 4.79 Å². The number of hydrogen-bond donors (Lipinski definition) is 2. The molecule has 0 spiro atoms. The second-order valence-electron chi connectivity index (χ2n) is 6.03. The van der Waals surface area contributed by atoms with Crippen molar-refractivity contribution in [3.8, 4) is 0 Å². The quantitative estimate of drug-likeness (QED) is 0.797. The van der Waals surface area contributed by atoms with Crippen LogP contribution in [-0.4, -0.2) is 43.1 Å². The lowest BCUT2D eigenvalue weighted by atomic mass is 10.1. The third-order valence-corrected chi connectivity index (χ3v) is 3.77. The molecule has 0 radical (unpaired) electrons. The summed E-state index contributed by atoms with van der Waals surface area (Å²) < 4.78 is 0. The molecule has 2 rings (SSSR count). The summed E-state index contributed by atoms with van der Waals surface area (Å²) in [6, 6.07) is 7.62. The number of hydrogen-bond acceptors (Lipinski definition) is 5. The average molecular weight is 327 g/mol. The molecule has 6 nitrogen and oxygen atoms in total. The average Bonchev–Trinajstić information content (AvgIpc) is 2.53. The Hall–Kier alpha value is -2.63. The summed E-state index contributed by atoms with van der Waals surface area (Å²) in [7, 11) is 3.88. The smallest absolute Gasteiger partial charge is 0.251 e. The zero-order chi connectivity index (χ0) is 17.7. The summed E-state index contributed by atoms with van der Waals surface area (Å²) in [6.45, 7) is 7.02. The molecule has 6 heteroatoms. The topological polar surface area (TPSA) is 70.2 Å². The van der Waals surface area contributed by atoms with E-state index in [1.54, 1.807) is 0 Å². The van der Waals surface area contributed by atoms with Crippen molar-refractivity contribution in [3.05, 3.63) is 46.8 Å². The molecule has 1 aromatic heterocycles. The van der Waals surface area contributed by atoms with Crippen LogP contribution in [0.2, 0.25) is 0 Å². The third-order valence-electron chi connectivity index (χ3n) is 3.77. The van der Waals surface area contributed by atoms with Crippen molar-refractivity contribution in [2.24, 2.45) is 0 Å². The minimum atomic E-state index is -0.0623. The highest BCUT2D eigenvalue weighted by Crippen LogP contribution is 2.13. The number of amides is 1. The number of rotatable bonds is 6.